The molecular formula is C20H16N2O2S. The lowest BCUT2D eigenvalue weighted by Gasteiger charge is -2.07. The summed E-state index contributed by atoms with van der Waals surface area (Å²) in [7, 11) is 3.20. The highest BCUT2D eigenvalue weighted by Crippen LogP contribution is 2.31. The number of aromatic nitrogens is 1. The summed E-state index contributed by atoms with van der Waals surface area (Å²) in [5.41, 5.74) is 3.19. The lowest BCUT2D eigenvalue weighted by molar-refractivity contribution is 0.394. The standard InChI is InChI=1S/C20H16N2O2S/c1-23-17-9-8-15(19(11-17)24-2)10-16(12-21)20-22-18(13-25-20)14-6-4-3-5-7-14/h3-11,13H,1-2H3/b16-10-. The predicted molar refractivity (Wildman–Crippen MR) is 101 cm³/mol. The number of allylic oxidation sites excluding steroid dienone is 1. The smallest absolute Gasteiger partial charge is 0.134 e. The van der Waals surface area contributed by atoms with Crippen molar-refractivity contribution in [2.45, 2.75) is 0 Å². The second-order valence-electron chi connectivity index (χ2n) is 5.18. The SMILES string of the molecule is COc1ccc(/C=C(/C#N)c2nc(-c3ccccc3)cs2)c(OC)c1. The molecular weight excluding hydrogens is 332 g/mol. The highest BCUT2D eigenvalue weighted by Gasteiger charge is 2.11. The molecule has 0 amide bonds. The number of methoxy groups -OCH3 is 2. The van der Waals surface area contributed by atoms with Crippen molar-refractivity contribution in [1.82, 2.24) is 4.98 Å². The molecule has 0 radical (unpaired) electrons. The van der Waals surface area contributed by atoms with Gasteiger partial charge in [0.25, 0.3) is 0 Å². The summed E-state index contributed by atoms with van der Waals surface area (Å²) in [5, 5.41) is 12.2. The molecule has 4 nitrogen and oxygen atoms in total. The minimum atomic E-state index is 0.496. The number of hydrogen-bond acceptors (Lipinski definition) is 5. The molecule has 2 aromatic carbocycles. The van der Waals surface area contributed by atoms with E-state index < -0.39 is 0 Å². The van der Waals surface area contributed by atoms with Gasteiger partial charge in [-0.1, -0.05) is 30.3 Å². The fourth-order valence-corrected chi connectivity index (χ4v) is 3.17. The van der Waals surface area contributed by atoms with Gasteiger partial charge in [-0.2, -0.15) is 5.26 Å². The van der Waals surface area contributed by atoms with Crippen LogP contribution < -0.4 is 9.47 Å². The minimum Gasteiger partial charge on any atom is -0.497 e. The highest BCUT2D eigenvalue weighted by atomic mass is 32.1. The molecule has 1 aromatic heterocycles. The van der Waals surface area contributed by atoms with E-state index in [0.29, 0.717) is 22.1 Å². The maximum absolute atomic E-state index is 9.57. The fourth-order valence-electron chi connectivity index (χ4n) is 2.37. The van der Waals surface area contributed by atoms with Crippen molar-refractivity contribution in [3.8, 4) is 28.8 Å². The van der Waals surface area contributed by atoms with Crippen LogP contribution in [0.1, 0.15) is 10.6 Å². The van der Waals surface area contributed by atoms with Crippen LogP contribution in [0, 0.1) is 11.3 Å². The Bertz CT molecular complexity index is 940. The lowest BCUT2D eigenvalue weighted by atomic mass is 10.1. The lowest BCUT2D eigenvalue weighted by Crippen LogP contribution is -1.90. The molecule has 0 unspecified atom stereocenters. The van der Waals surface area contributed by atoms with Crippen molar-refractivity contribution in [2.24, 2.45) is 0 Å². The van der Waals surface area contributed by atoms with Gasteiger partial charge in [-0.15, -0.1) is 11.3 Å². The van der Waals surface area contributed by atoms with Crippen LogP contribution in [0.25, 0.3) is 22.9 Å². The van der Waals surface area contributed by atoms with Gasteiger partial charge in [-0.3, -0.25) is 0 Å². The third-order valence-corrected chi connectivity index (χ3v) is 4.54. The van der Waals surface area contributed by atoms with Crippen LogP contribution in [0.4, 0.5) is 0 Å². The molecule has 0 saturated heterocycles. The Labute approximate surface area is 150 Å². The summed E-state index contributed by atoms with van der Waals surface area (Å²) < 4.78 is 10.6. The van der Waals surface area contributed by atoms with E-state index in [1.807, 2.05) is 47.8 Å². The van der Waals surface area contributed by atoms with Gasteiger partial charge in [0.05, 0.1) is 25.5 Å². The Hall–Kier alpha value is -3.10. The molecule has 1 heterocycles. The quantitative estimate of drug-likeness (QED) is 0.616. The van der Waals surface area contributed by atoms with E-state index in [2.05, 4.69) is 11.1 Å². The molecule has 0 aliphatic heterocycles. The first-order valence-electron chi connectivity index (χ1n) is 7.60. The Morgan fingerprint density at radius 2 is 1.92 bits per heavy atom. The molecule has 0 bridgehead atoms. The number of nitrogens with zero attached hydrogens (tertiary/aromatic N) is 2. The maximum atomic E-state index is 9.57. The Morgan fingerprint density at radius 1 is 1.12 bits per heavy atom. The van der Waals surface area contributed by atoms with Crippen molar-refractivity contribution in [3.05, 3.63) is 64.5 Å². The molecule has 0 fully saturated rings. The summed E-state index contributed by atoms with van der Waals surface area (Å²) in [6, 6.07) is 17.6. The Kier molecular flexibility index (Phi) is 5.12. The number of ether oxygens (including phenoxy) is 2. The Morgan fingerprint density at radius 3 is 2.60 bits per heavy atom. The van der Waals surface area contributed by atoms with Crippen LogP contribution in [0.2, 0.25) is 0 Å². The third-order valence-electron chi connectivity index (χ3n) is 3.67. The largest absolute Gasteiger partial charge is 0.497 e. The van der Waals surface area contributed by atoms with Crippen molar-refractivity contribution in [2.75, 3.05) is 14.2 Å². The number of rotatable bonds is 5. The average molecular weight is 348 g/mol. The highest BCUT2D eigenvalue weighted by molar-refractivity contribution is 7.11. The van der Waals surface area contributed by atoms with Crippen LogP contribution >= 0.6 is 11.3 Å². The van der Waals surface area contributed by atoms with E-state index in [-0.39, 0.29) is 0 Å². The van der Waals surface area contributed by atoms with Gasteiger partial charge in [-0.25, -0.2) is 4.98 Å². The van der Waals surface area contributed by atoms with Crippen LogP contribution in [0.5, 0.6) is 11.5 Å². The first-order valence-corrected chi connectivity index (χ1v) is 8.48. The molecule has 0 spiro atoms. The predicted octanol–water partition coefficient (Wildman–Crippen LogP) is 4.89. The zero-order valence-corrected chi connectivity index (χ0v) is 14.7. The van der Waals surface area contributed by atoms with Crippen molar-refractivity contribution in [1.29, 1.82) is 5.26 Å². The third kappa shape index (κ3) is 3.70. The van der Waals surface area contributed by atoms with Crippen molar-refractivity contribution in [3.63, 3.8) is 0 Å². The first kappa shape index (κ1) is 16.7. The van der Waals surface area contributed by atoms with Crippen LogP contribution in [0.15, 0.2) is 53.9 Å². The van der Waals surface area contributed by atoms with Gasteiger partial charge in [0.2, 0.25) is 0 Å². The van der Waals surface area contributed by atoms with Crippen molar-refractivity contribution < 1.29 is 9.47 Å². The van der Waals surface area contributed by atoms with E-state index in [9.17, 15) is 5.26 Å². The summed E-state index contributed by atoms with van der Waals surface area (Å²) >= 11 is 1.45. The van der Waals surface area contributed by atoms with E-state index in [0.717, 1.165) is 16.8 Å². The monoisotopic (exact) mass is 348 g/mol. The summed E-state index contributed by atoms with van der Waals surface area (Å²) in [6.07, 6.45) is 1.78. The van der Waals surface area contributed by atoms with Gasteiger partial charge < -0.3 is 9.47 Å². The topological polar surface area (TPSA) is 55.1 Å². The van der Waals surface area contributed by atoms with Gasteiger partial charge in [0, 0.05) is 22.6 Å². The molecule has 124 valence electrons. The molecule has 3 rings (SSSR count). The normalized spacial score (nSPS) is 11.0. The molecule has 5 heteroatoms. The molecule has 25 heavy (non-hydrogen) atoms. The second kappa shape index (κ2) is 7.65. The van der Waals surface area contributed by atoms with Crippen LogP contribution in [-0.4, -0.2) is 19.2 Å². The number of hydrogen-bond donors (Lipinski definition) is 0. The van der Waals surface area contributed by atoms with Gasteiger partial charge in [0.15, 0.2) is 0 Å². The van der Waals surface area contributed by atoms with E-state index >= 15 is 0 Å². The number of nitriles is 1. The number of benzene rings is 2. The van der Waals surface area contributed by atoms with Gasteiger partial charge in [0.1, 0.15) is 22.6 Å². The van der Waals surface area contributed by atoms with Crippen LogP contribution in [0.3, 0.4) is 0 Å². The molecule has 0 N–H and O–H groups in total. The molecule has 0 aliphatic carbocycles. The number of thiazole rings is 1. The Balaban J connectivity index is 1.97. The molecule has 3 aromatic rings. The molecule has 0 aliphatic rings. The maximum Gasteiger partial charge on any atom is 0.134 e. The molecule has 0 atom stereocenters. The van der Waals surface area contributed by atoms with Crippen molar-refractivity contribution >= 4 is 23.0 Å². The minimum absolute atomic E-state index is 0.496. The van der Waals surface area contributed by atoms with E-state index in [4.69, 9.17) is 9.47 Å². The fraction of sp³-hybridized carbons (Fsp3) is 0.100. The van der Waals surface area contributed by atoms with Gasteiger partial charge >= 0.3 is 0 Å². The zero-order valence-electron chi connectivity index (χ0n) is 13.9. The van der Waals surface area contributed by atoms with E-state index in [1.165, 1.54) is 11.3 Å². The average Bonchev–Trinajstić information content (AvgIpc) is 3.16. The summed E-state index contributed by atoms with van der Waals surface area (Å²) in [4.78, 5) is 4.60. The second-order valence-corrected chi connectivity index (χ2v) is 6.04. The summed E-state index contributed by atoms with van der Waals surface area (Å²) in [6.45, 7) is 0. The zero-order chi connectivity index (χ0) is 17.6. The van der Waals surface area contributed by atoms with Gasteiger partial charge in [-0.05, 0) is 18.2 Å². The molecule has 0 saturated carbocycles. The first-order chi connectivity index (χ1) is 12.2. The summed E-state index contributed by atoms with van der Waals surface area (Å²) in [5.74, 6) is 1.35. The van der Waals surface area contributed by atoms with E-state index in [1.54, 1.807) is 26.4 Å². The van der Waals surface area contributed by atoms with Crippen LogP contribution in [-0.2, 0) is 0 Å².